The second-order valence-electron chi connectivity index (χ2n) is 5.56. The smallest absolute Gasteiger partial charge is 0.201 e. The molecule has 1 aliphatic carbocycles. The number of allylic oxidation sites excluding steroid dienone is 2. The Morgan fingerprint density at radius 2 is 1.48 bits per heavy atom. The van der Waals surface area contributed by atoms with Gasteiger partial charge in [0.25, 0.3) is 0 Å². The van der Waals surface area contributed by atoms with E-state index in [0.29, 0.717) is 21.2 Å². The third-order valence-corrected chi connectivity index (χ3v) is 4.96. The average molecular weight is 366 g/mol. The molecule has 0 radical (unpaired) electrons. The topological polar surface area (TPSA) is 49.9 Å². The van der Waals surface area contributed by atoms with Crippen LogP contribution in [0, 0.1) is 6.92 Å². The first-order valence-corrected chi connectivity index (χ1v) is 8.04. The molecule has 0 fully saturated rings. The van der Waals surface area contributed by atoms with E-state index in [2.05, 4.69) is 20.9 Å². The maximum absolute atomic E-state index is 13.0. The summed E-state index contributed by atoms with van der Waals surface area (Å²) in [4.78, 5) is 28.9. The van der Waals surface area contributed by atoms with E-state index >= 15 is 0 Å². The van der Waals surface area contributed by atoms with Crippen molar-refractivity contribution in [3.8, 4) is 0 Å². The Morgan fingerprint density at radius 3 is 2.22 bits per heavy atom. The molecule has 112 valence electrons. The van der Waals surface area contributed by atoms with Crippen molar-refractivity contribution in [1.82, 2.24) is 4.98 Å². The Labute approximate surface area is 141 Å². The van der Waals surface area contributed by atoms with Gasteiger partial charge in [0.1, 0.15) is 0 Å². The first-order valence-electron chi connectivity index (χ1n) is 7.25. The number of para-hydroxylation sites is 1. The maximum atomic E-state index is 13.0. The van der Waals surface area contributed by atoms with Crippen LogP contribution in [-0.2, 0) is 0 Å². The summed E-state index contributed by atoms with van der Waals surface area (Å²) < 4.78 is 0.328. The highest BCUT2D eigenvalue weighted by atomic mass is 79.9. The number of benzene rings is 2. The zero-order valence-corrected chi connectivity index (χ0v) is 13.9. The van der Waals surface area contributed by atoms with E-state index in [0.717, 1.165) is 22.2 Å². The lowest BCUT2D eigenvalue weighted by Crippen LogP contribution is -2.19. The van der Waals surface area contributed by atoms with E-state index in [1.807, 2.05) is 31.2 Å². The van der Waals surface area contributed by atoms with Gasteiger partial charge in [0.15, 0.2) is 5.78 Å². The van der Waals surface area contributed by atoms with E-state index < -0.39 is 0 Å². The van der Waals surface area contributed by atoms with Gasteiger partial charge in [-0.3, -0.25) is 9.59 Å². The van der Waals surface area contributed by atoms with Crippen LogP contribution in [0.15, 0.2) is 53.0 Å². The van der Waals surface area contributed by atoms with Crippen molar-refractivity contribution in [3.05, 3.63) is 75.4 Å². The van der Waals surface area contributed by atoms with Gasteiger partial charge in [0.2, 0.25) is 5.78 Å². The number of aryl methyl sites for hydroxylation is 1. The maximum Gasteiger partial charge on any atom is 0.201 e. The number of hydrogen-bond donors (Lipinski definition) is 1. The molecule has 0 bridgehead atoms. The average Bonchev–Trinajstić information content (AvgIpc) is 2.89. The number of aromatic nitrogens is 1. The number of hydrogen-bond acceptors (Lipinski definition) is 2. The molecule has 4 rings (SSSR count). The highest BCUT2D eigenvalue weighted by molar-refractivity contribution is 9.12. The summed E-state index contributed by atoms with van der Waals surface area (Å²) >= 11 is 3.37. The SMILES string of the molecule is Cc1[nH]c2ccccc2c1C1=C(Br)C(=O)c2ccccc2C1=O. The number of carbonyl (C=O) groups is 2. The van der Waals surface area contributed by atoms with Crippen LogP contribution < -0.4 is 0 Å². The predicted molar refractivity (Wildman–Crippen MR) is 94.0 cm³/mol. The Kier molecular flexibility index (Phi) is 3.10. The quantitative estimate of drug-likeness (QED) is 0.681. The summed E-state index contributed by atoms with van der Waals surface area (Å²) in [6.45, 7) is 1.92. The van der Waals surface area contributed by atoms with Gasteiger partial charge in [0.05, 0.1) is 10.1 Å². The van der Waals surface area contributed by atoms with E-state index in [1.54, 1.807) is 24.3 Å². The predicted octanol–water partition coefficient (Wildman–Crippen LogP) is 4.66. The Morgan fingerprint density at radius 1 is 0.870 bits per heavy atom. The number of H-pyrrole nitrogens is 1. The molecular weight excluding hydrogens is 354 g/mol. The second-order valence-corrected chi connectivity index (χ2v) is 6.36. The zero-order valence-electron chi connectivity index (χ0n) is 12.3. The molecule has 0 saturated heterocycles. The zero-order chi connectivity index (χ0) is 16.1. The number of halogens is 1. The minimum absolute atomic E-state index is 0.125. The molecule has 1 aromatic heterocycles. The highest BCUT2D eigenvalue weighted by Crippen LogP contribution is 2.39. The van der Waals surface area contributed by atoms with E-state index in [4.69, 9.17) is 0 Å². The number of aromatic amines is 1. The Bertz CT molecular complexity index is 1030. The standard InChI is InChI=1S/C19H12BrNO2/c1-10-15(13-8-4-5-9-14(13)21-10)16-17(20)19(23)12-7-3-2-6-11(12)18(16)22/h2-9,21H,1H3. The number of fused-ring (bicyclic) bond motifs is 2. The third-order valence-electron chi connectivity index (χ3n) is 4.21. The lowest BCUT2D eigenvalue weighted by atomic mass is 9.85. The summed E-state index contributed by atoms with van der Waals surface area (Å²) in [6.07, 6.45) is 0. The monoisotopic (exact) mass is 365 g/mol. The summed E-state index contributed by atoms with van der Waals surface area (Å²) in [6, 6.07) is 14.7. The third kappa shape index (κ3) is 1.95. The van der Waals surface area contributed by atoms with Gasteiger partial charge in [-0.05, 0) is 28.9 Å². The summed E-state index contributed by atoms with van der Waals surface area (Å²) in [5.74, 6) is -0.278. The molecule has 2 aromatic carbocycles. The number of nitrogens with one attached hydrogen (secondary N) is 1. The van der Waals surface area contributed by atoms with Crippen LogP contribution in [0.4, 0.5) is 0 Å². The van der Waals surface area contributed by atoms with Crippen LogP contribution in [-0.4, -0.2) is 16.6 Å². The van der Waals surface area contributed by atoms with Gasteiger partial charge in [-0.15, -0.1) is 0 Å². The largest absolute Gasteiger partial charge is 0.358 e. The van der Waals surface area contributed by atoms with Crippen molar-refractivity contribution in [3.63, 3.8) is 0 Å². The van der Waals surface area contributed by atoms with Gasteiger partial charge >= 0.3 is 0 Å². The fourth-order valence-electron chi connectivity index (χ4n) is 3.17. The van der Waals surface area contributed by atoms with Gasteiger partial charge in [0, 0.05) is 33.3 Å². The lowest BCUT2D eigenvalue weighted by Gasteiger charge is -2.18. The summed E-state index contributed by atoms with van der Waals surface area (Å²) in [5, 5.41) is 0.942. The van der Waals surface area contributed by atoms with Crippen molar-refractivity contribution in [2.45, 2.75) is 6.92 Å². The Hall–Kier alpha value is -2.46. The molecular formula is C19H12BrNO2. The minimum atomic E-state index is -0.153. The van der Waals surface area contributed by atoms with E-state index in [-0.39, 0.29) is 11.6 Å². The molecule has 0 unspecified atom stereocenters. The van der Waals surface area contributed by atoms with Crippen LogP contribution in [0.2, 0.25) is 0 Å². The molecule has 1 aliphatic rings. The fraction of sp³-hybridized carbons (Fsp3) is 0.0526. The minimum Gasteiger partial charge on any atom is -0.358 e. The van der Waals surface area contributed by atoms with E-state index in [1.165, 1.54) is 0 Å². The molecule has 1 heterocycles. The normalized spacial score (nSPS) is 14.5. The molecule has 1 N–H and O–H groups in total. The summed E-state index contributed by atoms with van der Waals surface area (Å²) in [5.41, 5.74) is 3.96. The molecule has 0 atom stereocenters. The van der Waals surface area contributed by atoms with Gasteiger partial charge in [-0.2, -0.15) is 0 Å². The van der Waals surface area contributed by atoms with Crippen molar-refractivity contribution in [1.29, 1.82) is 0 Å². The molecule has 3 nitrogen and oxygen atoms in total. The number of Topliss-reactive ketones (excluding diaryl/α,β-unsaturated/α-hetero) is 2. The van der Waals surface area contributed by atoms with Gasteiger partial charge in [-0.1, -0.05) is 42.5 Å². The van der Waals surface area contributed by atoms with Crippen LogP contribution in [0.1, 0.15) is 32.0 Å². The molecule has 4 heteroatoms. The molecule has 0 spiro atoms. The fourth-order valence-corrected chi connectivity index (χ4v) is 3.76. The van der Waals surface area contributed by atoms with Crippen LogP contribution in [0.25, 0.3) is 16.5 Å². The van der Waals surface area contributed by atoms with Crippen molar-refractivity contribution in [2.75, 3.05) is 0 Å². The number of ketones is 2. The first-order chi connectivity index (χ1) is 11.1. The van der Waals surface area contributed by atoms with E-state index in [9.17, 15) is 9.59 Å². The highest BCUT2D eigenvalue weighted by Gasteiger charge is 2.33. The van der Waals surface area contributed by atoms with Gasteiger partial charge in [-0.25, -0.2) is 0 Å². The molecule has 3 aromatic rings. The first kappa shape index (κ1) is 14.2. The van der Waals surface area contributed by atoms with Crippen LogP contribution in [0.5, 0.6) is 0 Å². The number of rotatable bonds is 1. The summed E-state index contributed by atoms with van der Waals surface area (Å²) in [7, 11) is 0. The number of carbonyl (C=O) groups excluding carboxylic acids is 2. The second kappa shape index (κ2) is 5.03. The van der Waals surface area contributed by atoms with Crippen molar-refractivity contribution >= 4 is 44.0 Å². The molecule has 0 saturated carbocycles. The van der Waals surface area contributed by atoms with Crippen molar-refractivity contribution in [2.24, 2.45) is 0 Å². The molecule has 0 amide bonds. The van der Waals surface area contributed by atoms with Crippen molar-refractivity contribution < 1.29 is 9.59 Å². The van der Waals surface area contributed by atoms with Gasteiger partial charge < -0.3 is 4.98 Å². The molecule has 0 aliphatic heterocycles. The Balaban J connectivity index is 2.05. The van der Waals surface area contributed by atoms with Crippen LogP contribution in [0.3, 0.4) is 0 Å². The lowest BCUT2D eigenvalue weighted by molar-refractivity contribution is 0.0999. The molecule has 23 heavy (non-hydrogen) atoms. The van der Waals surface area contributed by atoms with Crippen LogP contribution >= 0.6 is 15.9 Å².